The summed E-state index contributed by atoms with van der Waals surface area (Å²) in [6, 6.07) is 5.39. The number of nitrogens with zero attached hydrogens (tertiary/aromatic N) is 2. The van der Waals surface area contributed by atoms with Gasteiger partial charge in [0.2, 0.25) is 5.91 Å². The molecule has 1 fully saturated rings. The van der Waals surface area contributed by atoms with E-state index in [-0.39, 0.29) is 23.7 Å². The largest absolute Gasteiger partial charge is 0.416 e. The molecule has 164 valence electrons. The summed E-state index contributed by atoms with van der Waals surface area (Å²) in [4.78, 5) is 41.9. The third-order valence-electron chi connectivity index (χ3n) is 5.18. The molecule has 1 aliphatic heterocycles. The molecule has 3 amide bonds. The van der Waals surface area contributed by atoms with Gasteiger partial charge in [0.05, 0.1) is 29.1 Å². The first-order chi connectivity index (χ1) is 14.6. The zero-order valence-corrected chi connectivity index (χ0v) is 16.6. The summed E-state index contributed by atoms with van der Waals surface area (Å²) in [5.74, 6) is -2.36. The van der Waals surface area contributed by atoms with Crippen LogP contribution in [0.15, 0.2) is 42.7 Å². The smallest absolute Gasteiger partial charge is 0.366 e. The highest BCUT2D eigenvalue weighted by Gasteiger charge is 2.35. The molecular formula is C21H21F3N4O3. The highest BCUT2D eigenvalue weighted by Crippen LogP contribution is 2.35. The lowest BCUT2D eigenvalue weighted by atomic mass is 9.89. The predicted molar refractivity (Wildman–Crippen MR) is 106 cm³/mol. The van der Waals surface area contributed by atoms with Crippen molar-refractivity contribution in [3.63, 3.8) is 0 Å². The van der Waals surface area contributed by atoms with Gasteiger partial charge >= 0.3 is 18.0 Å². The minimum atomic E-state index is -4.46. The number of halogens is 3. The van der Waals surface area contributed by atoms with Crippen molar-refractivity contribution >= 4 is 23.4 Å². The van der Waals surface area contributed by atoms with E-state index in [1.54, 1.807) is 0 Å². The number of hydrogen-bond donors (Lipinski definition) is 2. The Bertz CT molecular complexity index is 992. The fraction of sp³-hybridized carbons (Fsp3) is 0.333. The highest BCUT2D eigenvalue weighted by molar-refractivity contribution is 6.39. The van der Waals surface area contributed by atoms with Crippen LogP contribution in [0.4, 0.5) is 18.9 Å². The van der Waals surface area contributed by atoms with Gasteiger partial charge in [0, 0.05) is 12.7 Å². The van der Waals surface area contributed by atoms with Crippen molar-refractivity contribution in [3.8, 4) is 0 Å². The summed E-state index contributed by atoms with van der Waals surface area (Å²) in [6.07, 6.45) is -0.676. The van der Waals surface area contributed by atoms with Crippen molar-refractivity contribution in [2.24, 2.45) is 11.7 Å². The number of likely N-dealkylation sites (tertiary alicyclic amines) is 1. The number of piperidine rings is 1. The van der Waals surface area contributed by atoms with Crippen LogP contribution in [-0.4, -0.2) is 34.2 Å². The summed E-state index contributed by atoms with van der Waals surface area (Å²) >= 11 is 0. The van der Waals surface area contributed by atoms with Crippen molar-refractivity contribution in [2.75, 3.05) is 11.9 Å². The number of pyridine rings is 1. The van der Waals surface area contributed by atoms with Crippen molar-refractivity contribution in [1.29, 1.82) is 0 Å². The van der Waals surface area contributed by atoms with E-state index in [0.717, 1.165) is 18.6 Å². The summed E-state index contributed by atoms with van der Waals surface area (Å²) in [5.41, 5.74) is 5.13. The summed E-state index contributed by atoms with van der Waals surface area (Å²) in [7, 11) is 0. The molecule has 0 radical (unpaired) electrons. The Labute approximate surface area is 176 Å². The molecule has 1 aromatic carbocycles. The van der Waals surface area contributed by atoms with Crippen LogP contribution in [0.1, 0.15) is 47.3 Å². The van der Waals surface area contributed by atoms with Crippen LogP contribution in [0.2, 0.25) is 0 Å². The van der Waals surface area contributed by atoms with E-state index in [1.807, 2.05) is 6.92 Å². The van der Waals surface area contributed by atoms with E-state index >= 15 is 0 Å². The monoisotopic (exact) mass is 434 g/mol. The lowest BCUT2D eigenvalue weighted by Crippen LogP contribution is -2.46. The Morgan fingerprint density at radius 2 is 1.81 bits per heavy atom. The summed E-state index contributed by atoms with van der Waals surface area (Å²) in [5, 5.41) is 2.40. The normalized spacial score (nSPS) is 19.0. The van der Waals surface area contributed by atoms with Gasteiger partial charge in [0.15, 0.2) is 0 Å². The number of alkyl halides is 3. The average molecular weight is 434 g/mol. The molecule has 0 bridgehead atoms. The van der Waals surface area contributed by atoms with Crippen LogP contribution >= 0.6 is 0 Å². The van der Waals surface area contributed by atoms with Crippen LogP contribution in [0.25, 0.3) is 0 Å². The first-order valence-corrected chi connectivity index (χ1v) is 9.60. The van der Waals surface area contributed by atoms with E-state index < -0.39 is 35.5 Å². The number of anilines is 1. The number of carbonyl (C=O) groups excluding carboxylic acids is 3. The minimum Gasteiger partial charge on any atom is -0.366 e. The van der Waals surface area contributed by atoms with Gasteiger partial charge in [0.1, 0.15) is 0 Å². The van der Waals surface area contributed by atoms with Crippen LogP contribution in [0.3, 0.4) is 0 Å². The fourth-order valence-electron chi connectivity index (χ4n) is 3.58. The van der Waals surface area contributed by atoms with Gasteiger partial charge in [-0.3, -0.25) is 19.4 Å². The van der Waals surface area contributed by atoms with E-state index in [1.165, 1.54) is 35.5 Å². The minimum absolute atomic E-state index is 0.0690. The van der Waals surface area contributed by atoms with Crippen LogP contribution in [-0.2, 0) is 15.8 Å². The molecule has 1 aliphatic rings. The number of nitrogens with one attached hydrogen (secondary N) is 1. The number of nitrogens with two attached hydrogens (primary N) is 1. The first-order valence-electron chi connectivity index (χ1n) is 9.60. The lowest BCUT2D eigenvalue weighted by Gasteiger charge is -2.38. The molecule has 1 saturated heterocycles. The van der Waals surface area contributed by atoms with Crippen LogP contribution < -0.4 is 11.1 Å². The molecular weight excluding hydrogens is 413 g/mol. The second-order valence-electron chi connectivity index (χ2n) is 7.56. The average Bonchev–Trinajstić information content (AvgIpc) is 2.72. The Morgan fingerprint density at radius 3 is 2.42 bits per heavy atom. The Balaban J connectivity index is 1.80. The topological polar surface area (TPSA) is 105 Å². The van der Waals surface area contributed by atoms with Gasteiger partial charge in [-0.15, -0.1) is 0 Å². The maximum Gasteiger partial charge on any atom is 0.416 e. The van der Waals surface area contributed by atoms with Crippen molar-refractivity contribution in [3.05, 3.63) is 59.4 Å². The fourth-order valence-corrected chi connectivity index (χ4v) is 3.58. The second-order valence-corrected chi connectivity index (χ2v) is 7.56. The highest BCUT2D eigenvalue weighted by atomic mass is 19.4. The number of benzene rings is 1. The number of primary amides is 1. The molecule has 2 heterocycles. The lowest BCUT2D eigenvalue weighted by molar-refractivity contribution is -0.146. The second kappa shape index (κ2) is 8.75. The summed E-state index contributed by atoms with van der Waals surface area (Å²) in [6.45, 7) is 2.22. The Kier molecular flexibility index (Phi) is 6.28. The van der Waals surface area contributed by atoms with Gasteiger partial charge in [-0.2, -0.15) is 13.2 Å². The van der Waals surface area contributed by atoms with Crippen molar-refractivity contribution in [1.82, 2.24) is 9.88 Å². The standard InChI is InChI=1S/C21H21F3N4O3/c1-12-2-7-17(13-3-5-15(6-4-13)21(22,23)24)28(11-12)20(31)19(30)27-16-8-14(18(25)29)9-26-10-16/h3-6,8-10,12,17H,2,7,11H2,1H3,(H2,25,29)(H,27,30)/t12-,17?/m0/s1. The molecule has 0 saturated carbocycles. The molecule has 0 spiro atoms. The quantitative estimate of drug-likeness (QED) is 0.724. The molecule has 0 aliphatic carbocycles. The van der Waals surface area contributed by atoms with Gasteiger partial charge in [-0.05, 0) is 42.5 Å². The molecule has 2 atom stereocenters. The predicted octanol–water partition coefficient (Wildman–Crippen LogP) is 3.14. The van der Waals surface area contributed by atoms with Gasteiger partial charge in [-0.25, -0.2) is 0 Å². The van der Waals surface area contributed by atoms with E-state index in [4.69, 9.17) is 5.73 Å². The Morgan fingerprint density at radius 1 is 1.13 bits per heavy atom. The van der Waals surface area contributed by atoms with Gasteiger partial charge in [0.25, 0.3) is 0 Å². The summed E-state index contributed by atoms with van der Waals surface area (Å²) < 4.78 is 38.6. The number of rotatable bonds is 3. The van der Waals surface area contributed by atoms with E-state index in [2.05, 4.69) is 10.3 Å². The molecule has 10 heteroatoms. The van der Waals surface area contributed by atoms with Crippen LogP contribution in [0, 0.1) is 5.92 Å². The molecule has 7 nitrogen and oxygen atoms in total. The maximum absolute atomic E-state index is 12.9. The zero-order valence-electron chi connectivity index (χ0n) is 16.6. The molecule has 1 aromatic heterocycles. The first kappa shape index (κ1) is 22.3. The molecule has 2 aromatic rings. The molecule has 1 unspecified atom stereocenters. The zero-order chi connectivity index (χ0) is 22.8. The molecule has 3 N–H and O–H groups in total. The van der Waals surface area contributed by atoms with Crippen LogP contribution in [0.5, 0.6) is 0 Å². The molecule has 31 heavy (non-hydrogen) atoms. The molecule has 3 rings (SSSR count). The van der Waals surface area contributed by atoms with Gasteiger partial charge < -0.3 is 16.0 Å². The SMILES string of the molecule is C[C@H]1CCC(c2ccc(C(F)(F)F)cc2)N(C(=O)C(=O)Nc2cncc(C(N)=O)c2)C1. The van der Waals surface area contributed by atoms with Crippen molar-refractivity contribution in [2.45, 2.75) is 32.0 Å². The third-order valence-corrected chi connectivity index (χ3v) is 5.18. The van der Waals surface area contributed by atoms with Crippen molar-refractivity contribution < 1.29 is 27.6 Å². The van der Waals surface area contributed by atoms with E-state index in [9.17, 15) is 27.6 Å². The Hall–Kier alpha value is -3.43. The maximum atomic E-state index is 12.9. The van der Waals surface area contributed by atoms with Gasteiger partial charge in [-0.1, -0.05) is 19.1 Å². The van der Waals surface area contributed by atoms with E-state index in [0.29, 0.717) is 12.0 Å². The number of aromatic nitrogens is 1. The third kappa shape index (κ3) is 5.19. The number of carbonyl (C=O) groups is 3. The number of hydrogen-bond acceptors (Lipinski definition) is 4. The number of amides is 3.